The zero-order valence-electron chi connectivity index (χ0n) is 15.9. The van der Waals surface area contributed by atoms with E-state index in [2.05, 4.69) is 9.97 Å². The van der Waals surface area contributed by atoms with Gasteiger partial charge in [-0.3, -0.25) is 9.78 Å². The molecule has 0 spiro atoms. The Morgan fingerprint density at radius 3 is 2.89 bits per heavy atom. The number of aryl methyl sites for hydroxylation is 1. The number of carbonyl (C=O) groups excluding carboxylic acids is 1. The van der Waals surface area contributed by atoms with Gasteiger partial charge in [0.05, 0.1) is 23.4 Å². The fourth-order valence-corrected chi connectivity index (χ4v) is 3.93. The minimum Gasteiger partial charge on any atom is -0.493 e. The average molecular weight is 394 g/mol. The van der Waals surface area contributed by atoms with Crippen molar-refractivity contribution in [1.82, 2.24) is 14.9 Å². The molecule has 1 saturated carbocycles. The molecule has 144 valence electrons. The molecule has 2 heterocycles. The number of ether oxygens (including phenoxy) is 1. The topological polar surface area (TPSA) is 55.3 Å². The summed E-state index contributed by atoms with van der Waals surface area (Å²) in [6.45, 7) is 3.23. The van der Waals surface area contributed by atoms with Crippen LogP contribution in [0.15, 0.2) is 54.3 Å². The fraction of sp³-hybridized carbons (Fsp3) is 0.318. The number of hydrogen-bond donors (Lipinski definition) is 0. The second kappa shape index (κ2) is 8.52. The van der Waals surface area contributed by atoms with Crippen molar-refractivity contribution in [1.29, 1.82) is 0 Å². The van der Waals surface area contributed by atoms with Gasteiger partial charge in [-0.1, -0.05) is 12.1 Å². The van der Waals surface area contributed by atoms with E-state index in [1.807, 2.05) is 47.7 Å². The number of hydrogen-bond acceptors (Lipinski definition) is 5. The van der Waals surface area contributed by atoms with E-state index in [0.29, 0.717) is 24.8 Å². The summed E-state index contributed by atoms with van der Waals surface area (Å²) in [6, 6.07) is 12.0. The molecule has 0 radical (unpaired) electrons. The van der Waals surface area contributed by atoms with Gasteiger partial charge in [0.1, 0.15) is 5.75 Å². The Bertz CT molecular complexity index is 938. The Morgan fingerprint density at radius 1 is 1.29 bits per heavy atom. The molecule has 1 fully saturated rings. The molecular weight excluding hydrogens is 370 g/mol. The summed E-state index contributed by atoms with van der Waals surface area (Å²) < 4.78 is 5.94. The first-order valence-electron chi connectivity index (χ1n) is 9.52. The third-order valence-corrected chi connectivity index (χ3v) is 5.85. The van der Waals surface area contributed by atoms with E-state index in [1.54, 1.807) is 29.8 Å². The molecule has 28 heavy (non-hydrogen) atoms. The van der Waals surface area contributed by atoms with E-state index in [1.165, 1.54) is 4.88 Å². The SMILES string of the molecule is Cc1ncsc1CCOc1cccc(CN(C(=O)c2cccnc2)C2CC2)c1. The molecule has 6 heteroatoms. The molecule has 0 N–H and O–H groups in total. The molecular formula is C22H23N3O2S. The quantitative estimate of drug-likeness (QED) is 0.573. The van der Waals surface area contributed by atoms with Gasteiger partial charge >= 0.3 is 0 Å². The van der Waals surface area contributed by atoms with Crippen LogP contribution in [0.1, 0.15) is 39.3 Å². The molecule has 1 amide bonds. The first kappa shape index (κ1) is 18.6. The molecule has 1 aliphatic carbocycles. The molecule has 2 aromatic heterocycles. The van der Waals surface area contributed by atoms with Gasteiger partial charge in [-0.25, -0.2) is 4.98 Å². The van der Waals surface area contributed by atoms with Crippen LogP contribution in [0.3, 0.4) is 0 Å². The lowest BCUT2D eigenvalue weighted by Crippen LogP contribution is -2.32. The van der Waals surface area contributed by atoms with Gasteiger partial charge in [0.15, 0.2) is 0 Å². The molecule has 0 unspecified atom stereocenters. The number of thiazole rings is 1. The summed E-state index contributed by atoms with van der Waals surface area (Å²) >= 11 is 1.67. The van der Waals surface area contributed by atoms with E-state index in [4.69, 9.17) is 4.74 Å². The van der Waals surface area contributed by atoms with Crippen LogP contribution < -0.4 is 4.74 Å². The third-order valence-electron chi connectivity index (χ3n) is 4.85. The normalized spacial score (nSPS) is 13.3. The second-order valence-corrected chi connectivity index (χ2v) is 7.95. The van der Waals surface area contributed by atoms with Gasteiger partial charge < -0.3 is 9.64 Å². The van der Waals surface area contributed by atoms with E-state index in [-0.39, 0.29) is 5.91 Å². The van der Waals surface area contributed by atoms with E-state index in [9.17, 15) is 4.79 Å². The van der Waals surface area contributed by atoms with Crippen molar-refractivity contribution in [3.8, 4) is 5.75 Å². The zero-order valence-corrected chi connectivity index (χ0v) is 16.7. The minimum absolute atomic E-state index is 0.0441. The van der Waals surface area contributed by atoms with Crippen molar-refractivity contribution in [3.05, 3.63) is 76.0 Å². The van der Waals surface area contributed by atoms with Gasteiger partial charge in [0, 0.05) is 36.3 Å². The lowest BCUT2D eigenvalue weighted by molar-refractivity contribution is 0.0729. The summed E-state index contributed by atoms with van der Waals surface area (Å²) in [5.41, 5.74) is 4.67. The Hall–Kier alpha value is -2.73. The highest BCUT2D eigenvalue weighted by molar-refractivity contribution is 7.09. The molecule has 0 aliphatic heterocycles. The third kappa shape index (κ3) is 4.57. The lowest BCUT2D eigenvalue weighted by Gasteiger charge is -2.23. The van der Waals surface area contributed by atoms with Crippen LogP contribution >= 0.6 is 11.3 Å². The first-order chi connectivity index (χ1) is 13.7. The van der Waals surface area contributed by atoms with Gasteiger partial charge in [0.2, 0.25) is 0 Å². The molecule has 3 aromatic rings. The van der Waals surface area contributed by atoms with Crippen LogP contribution in [0.5, 0.6) is 5.75 Å². The number of aromatic nitrogens is 2. The predicted molar refractivity (Wildman–Crippen MR) is 110 cm³/mol. The highest BCUT2D eigenvalue weighted by atomic mass is 32.1. The fourth-order valence-electron chi connectivity index (χ4n) is 3.17. The monoisotopic (exact) mass is 393 g/mol. The van der Waals surface area contributed by atoms with E-state index >= 15 is 0 Å². The van der Waals surface area contributed by atoms with E-state index < -0.39 is 0 Å². The molecule has 4 rings (SSSR count). The van der Waals surface area contributed by atoms with Crippen molar-refractivity contribution in [2.45, 2.75) is 38.8 Å². The molecule has 5 nitrogen and oxygen atoms in total. The van der Waals surface area contributed by atoms with Crippen LogP contribution in [0.25, 0.3) is 0 Å². The number of carbonyl (C=O) groups is 1. The maximum Gasteiger partial charge on any atom is 0.255 e. The smallest absolute Gasteiger partial charge is 0.255 e. The minimum atomic E-state index is 0.0441. The van der Waals surface area contributed by atoms with Crippen LogP contribution in [0.4, 0.5) is 0 Å². The van der Waals surface area contributed by atoms with Crippen molar-refractivity contribution in [3.63, 3.8) is 0 Å². The van der Waals surface area contributed by atoms with Crippen molar-refractivity contribution in [2.75, 3.05) is 6.61 Å². The van der Waals surface area contributed by atoms with Gasteiger partial charge in [-0.05, 0) is 49.6 Å². The predicted octanol–water partition coefficient (Wildman–Crippen LogP) is 4.27. The van der Waals surface area contributed by atoms with Crippen LogP contribution in [0.2, 0.25) is 0 Å². The summed E-state index contributed by atoms with van der Waals surface area (Å²) in [7, 11) is 0. The number of benzene rings is 1. The lowest BCUT2D eigenvalue weighted by atomic mass is 10.1. The first-order valence-corrected chi connectivity index (χ1v) is 10.4. The highest BCUT2D eigenvalue weighted by Gasteiger charge is 2.33. The number of amides is 1. The Kier molecular flexibility index (Phi) is 5.67. The van der Waals surface area contributed by atoms with Gasteiger partial charge in [-0.2, -0.15) is 0 Å². The Morgan fingerprint density at radius 2 is 2.18 bits per heavy atom. The molecule has 0 saturated heterocycles. The second-order valence-electron chi connectivity index (χ2n) is 7.01. The zero-order chi connectivity index (χ0) is 19.3. The Balaban J connectivity index is 1.40. The van der Waals surface area contributed by atoms with Crippen LogP contribution in [0, 0.1) is 6.92 Å². The van der Waals surface area contributed by atoms with Gasteiger partial charge in [0.25, 0.3) is 5.91 Å². The molecule has 0 atom stereocenters. The number of nitrogens with zero attached hydrogens (tertiary/aromatic N) is 3. The Labute approximate surface area is 169 Å². The van der Waals surface area contributed by atoms with Crippen molar-refractivity contribution < 1.29 is 9.53 Å². The molecule has 1 aliphatic rings. The molecule has 1 aromatic carbocycles. The molecule has 0 bridgehead atoms. The highest BCUT2D eigenvalue weighted by Crippen LogP contribution is 2.30. The number of pyridine rings is 1. The van der Waals surface area contributed by atoms with Crippen molar-refractivity contribution >= 4 is 17.2 Å². The van der Waals surface area contributed by atoms with Crippen molar-refractivity contribution in [2.24, 2.45) is 0 Å². The average Bonchev–Trinajstić information content (AvgIpc) is 3.49. The standard InChI is InChI=1S/C22H23N3O2S/c1-16-21(28-15-24-16)9-11-27-20-6-2-4-17(12-20)14-25(19-7-8-19)22(26)18-5-3-10-23-13-18/h2-6,10,12-13,15,19H,7-9,11,14H2,1H3. The van der Waals surface area contributed by atoms with Gasteiger partial charge in [-0.15, -0.1) is 11.3 Å². The maximum absolute atomic E-state index is 12.9. The number of rotatable bonds is 8. The van der Waals surface area contributed by atoms with E-state index in [0.717, 1.165) is 36.3 Å². The maximum atomic E-state index is 12.9. The summed E-state index contributed by atoms with van der Waals surface area (Å²) in [5, 5.41) is 0. The summed E-state index contributed by atoms with van der Waals surface area (Å²) in [5.74, 6) is 0.881. The summed E-state index contributed by atoms with van der Waals surface area (Å²) in [6.07, 6.45) is 6.31. The van der Waals surface area contributed by atoms with Crippen LogP contribution in [-0.2, 0) is 13.0 Å². The largest absolute Gasteiger partial charge is 0.493 e. The summed E-state index contributed by atoms with van der Waals surface area (Å²) in [4.78, 5) is 24.5. The van der Waals surface area contributed by atoms with Crippen LogP contribution in [-0.4, -0.2) is 33.4 Å².